The average Bonchev–Trinajstić information content (AvgIpc) is 2.63. The molecule has 1 aromatic carbocycles. The lowest BCUT2D eigenvalue weighted by atomic mass is 10.0. The number of nitrogens with two attached hydrogens (primary N) is 1. The number of hydrogen-bond donors (Lipinski definition) is 2. The van der Waals surface area contributed by atoms with Crippen molar-refractivity contribution >= 4 is 17.9 Å². The monoisotopic (exact) mass is 345 g/mol. The zero-order valence-electron chi connectivity index (χ0n) is 14.5. The fourth-order valence-electron chi connectivity index (χ4n) is 3.84. The summed E-state index contributed by atoms with van der Waals surface area (Å²) in [6.07, 6.45) is 3.79. The number of aliphatic carboxylic acids is 1. The molecule has 0 bridgehead atoms. The van der Waals surface area contributed by atoms with Gasteiger partial charge >= 0.3 is 5.97 Å². The Morgan fingerprint density at radius 2 is 1.76 bits per heavy atom. The number of likely N-dealkylation sites (tertiary alicyclic amines) is 1. The molecule has 0 spiro atoms. The van der Waals surface area contributed by atoms with Gasteiger partial charge in [-0.2, -0.15) is 5.10 Å². The highest BCUT2D eigenvalue weighted by Crippen LogP contribution is 2.21. The van der Waals surface area contributed by atoms with Gasteiger partial charge in [-0.05, 0) is 30.5 Å². The van der Waals surface area contributed by atoms with Crippen LogP contribution >= 0.6 is 0 Å². The largest absolute Gasteiger partial charge is 0.480 e. The maximum absolute atomic E-state index is 10.8. The number of carboxylic acid groups (broad SMARTS) is 1. The van der Waals surface area contributed by atoms with Crippen molar-refractivity contribution in [1.29, 1.82) is 0 Å². The van der Waals surface area contributed by atoms with Crippen molar-refractivity contribution in [2.45, 2.75) is 18.9 Å². The van der Waals surface area contributed by atoms with Crippen molar-refractivity contribution < 1.29 is 9.90 Å². The molecule has 0 unspecified atom stereocenters. The molecule has 2 aliphatic heterocycles. The number of carbonyl (C=O) groups is 1. The molecule has 7 heteroatoms. The molecular weight excluding hydrogens is 318 g/mol. The third kappa shape index (κ3) is 4.70. The molecule has 136 valence electrons. The molecule has 0 aliphatic carbocycles. The van der Waals surface area contributed by atoms with Crippen LogP contribution in [0.1, 0.15) is 18.4 Å². The molecule has 2 saturated heterocycles. The molecule has 2 aliphatic rings. The Bertz CT molecular complexity index is 588. The highest BCUT2D eigenvalue weighted by atomic mass is 16.4. The quantitative estimate of drug-likeness (QED) is 0.463. The first-order chi connectivity index (χ1) is 12.2. The van der Waals surface area contributed by atoms with Crippen LogP contribution in [0, 0.1) is 0 Å². The maximum atomic E-state index is 10.8. The summed E-state index contributed by atoms with van der Waals surface area (Å²) in [6, 6.07) is 8.91. The number of rotatable bonds is 5. The molecule has 7 nitrogen and oxygen atoms in total. The molecule has 2 fully saturated rings. The van der Waals surface area contributed by atoms with E-state index in [4.69, 9.17) is 10.9 Å². The number of hydrogen-bond acceptors (Lipinski definition) is 6. The van der Waals surface area contributed by atoms with Crippen LogP contribution in [0.15, 0.2) is 29.4 Å². The van der Waals surface area contributed by atoms with E-state index in [1.807, 2.05) is 17.0 Å². The second-order valence-corrected chi connectivity index (χ2v) is 6.79. The van der Waals surface area contributed by atoms with E-state index in [0.717, 1.165) is 57.7 Å². The van der Waals surface area contributed by atoms with Crippen molar-refractivity contribution in [3.63, 3.8) is 0 Å². The van der Waals surface area contributed by atoms with E-state index in [-0.39, 0.29) is 6.54 Å². The molecule has 0 aromatic heterocycles. The molecule has 1 aromatic rings. The summed E-state index contributed by atoms with van der Waals surface area (Å²) in [5.41, 5.74) is 2.25. The van der Waals surface area contributed by atoms with Crippen molar-refractivity contribution in [3.05, 3.63) is 29.8 Å². The van der Waals surface area contributed by atoms with Crippen LogP contribution in [-0.2, 0) is 4.79 Å². The lowest BCUT2D eigenvalue weighted by Crippen LogP contribution is -2.53. The van der Waals surface area contributed by atoms with Crippen LogP contribution in [0.3, 0.4) is 0 Å². The fraction of sp³-hybridized carbons (Fsp3) is 0.556. The topological polar surface area (TPSA) is 85.4 Å². The molecule has 0 atom stereocenters. The molecule has 0 radical (unpaired) electrons. The first-order valence-corrected chi connectivity index (χ1v) is 8.92. The van der Waals surface area contributed by atoms with Gasteiger partial charge in [-0.15, -0.1) is 0 Å². The average molecular weight is 345 g/mol. The summed E-state index contributed by atoms with van der Waals surface area (Å²) >= 11 is 0. The summed E-state index contributed by atoms with van der Waals surface area (Å²) < 4.78 is 0. The third-order valence-corrected chi connectivity index (χ3v) is 5.23. The third-order valence-electron chi connectivity index (χ3n) is 5.23. The van der Waals surface area contributed by atoms with E-state index in [1.165, 1.54) is 5.69 Å². The Labute approximate surface area is 148 Å². The summed E-state index contributed by atoms with van der Waals surface area (Å²) in [6.45, 7) is 6.14. The van der Waals surface area contributed by atoms with E-state index < -0.39 is 5.97 Å². The smallest absolute Gasteiger partial charge is 0.317 e. The fourth-order valence-corrected chi connectivity index (χ4v) is 3.84. The Kier molecular flexibility index (Phi) is 5.88. The highest BCUT2D eigenvalue weighted by molar-refractivity contribution is 5.80. The van der Waals surface area contributed by atoms with Crippen LogP contribution in [-0.4, -0.2) is 78.9 Å². The van der Waals surface area contributed by atoms with Crippen molar-refractivity contribution in [3.8, 4) is 0 Å². The number of hydrazone groups is 1. The van der Waals surface area contributed by atoms with Gasteiger partial charge in [-0.25, -0.2) is 0 Å². The molecule has 3 rings (SSSR count). The van der Waals surface area contributed by atoms with Crippen LogP contribution in [0.4, 0.5) is 5.69 Å². The minimum Gasteiger partial charge on any atom is -0.480 e. The van der Waals surface area contributed by atoms with Crippen molar-refractivity contribution in [1.82, 2.24) is 9.80 Å². The molecule has 3 N–H and O–H groups in total. The normalized spacial score (nSPS) is 21.0. The Morgan fingerprint density at radius 1 is 1.12 bits per heavy atom. The Balaban J connectivity index is 1.46. The molecule has 0 saturated carbocycles. The Hall–Kier alpha value is -2.12. The summed E-state index contributed by atoms with van der Waals surface area (Å²) in [4.78, 5) is 17.8. The van der Waals surface area contributed by atoms with Crippen LogP contribution < -0.4 is 10.7 Å². The maximum Gasteiger partial charge on any atom is 0.317 e. The molecule has 2 heterocycles. The SMILES string of the molecule is NN=Cc1ccc(N2CCN(C3CCN(CC(=O)O)CC3)CC2)cc1. The van der Waals surface area contributed by atoms with Gasteiger partial charge < -0.3 is 15.8 Å². The second kappa shape index (κ2) is 8.31. The number of piperazine rings is 1. The first-order valence-electron chi connectivity index (χ1n) is 8.92. The van der Waals surface area contributed by atoms with Crippen LogP contribution in [0.5, 0.6) is 0 Å². The van der Waals surface area contributed by atoms with Crippen LogP contribution in [0.25, 0.3) is 0 Å². The number of carboxylic acids is 1. The molecule has 25 heavy (non-hydrogen) atoms. The highest BCUT2D eigenvalue weighted by Gasteiger charge is 2.28. The van der Waals surface area contributed by atoms with Crippen molar-refractivity contribution in [2.24, 2.45) is 10.9 Å². The molecule has 0 amide bonds. The van der Waals surface area contributed by atoms with E-state index >= 15 is 0 Å². The predicted octanol–water partition coefficient (Wildman–Crippen LogP) is 0.650. The summed E-state index contributed by atoms with van der Waals surface area (Å²) in [5, 5.41) is 12.4. The standard InChI is InChI=1S/C18H27N5O2/c19-20-13-15-1-3-16(4-2-15)22-9-11-23(12-10-22)17-5-7-21(8-6-17)14-18(24)25/h1-4,13,17H,5-12,14,19H2,(H,24,25). The van der Waals surface area contributed by atoms with E-state index in [0.29, 0.717) is 6.04 Å². The van der Waals surface area contributed by atoms with E-state index in [1.54, 1.807) is 6.21 Å². The number of piperidine rings is 1. The predicted molar refractivity (Wildman–Crippen MR) is 99.1 cm³/mol. The minimum absolute atomic E-state index is 0.172. The first kappa shape index (κ1) is 17.7. The van der Waals surface area contributed by atoms with E-state index in [9.17, 15) is 4.79 Å². The van der Waals surface area contributed by atoms with Gasteiger partial charge in [-0.1, -0.05) is 12.1 Å². The lowest BCUT2D eigenvalue weighted by Gasteiger charge is -2.43. The Morgan fingerprint density at radius 3 is 2.32 bits per heavy atom. The molecular formula is C18H27N5O2. The van der Waals surface area contributed by atoms with E-state index in [2.05, 4.69) is 27.0 Å². The van der Waals surface area contributed by atoms with Crippen molar-refractivity contribution in [2.75, 3.05) is 50.7 Å². The summed E-state index contributed by atoms with van der Waals surface area (Å²) in [7, 11) is 0. The minimum atomic E-state index is -0.726. The number of nitrogens with zero attached hydrogens (tertiary/aromatic N) is 4. The van der Waals surface area contributed by atoms with Gasteiger partial charge in [0.25, 0.3) is 0 Å². The van der Waals surface area contributed by atoms with Crippen LogP contribution in [0.2, 0.25) is 0 Å². The number of benzene rings is 1. The zero-order valence-corrected chi connectivity index (χ0v) is 14.5. The van der Waals surface area contributed by atoms with Gasteiger partial charge in [0.05, 0.1) is 12.8 Å². The number of anilines is 1. The van der Waals surface area contributed by atoms with Gasteiger partial charge in [0.15, 0.2) is 0 Å². The zero-order chi connectivity index (χ0) is 17.6. The van der Waals surface area contributed by atoms with Gasteiger partial charge in [-0.3, -0.25) is 14.6 Å². The van der Waals surface area contributed by atoms with Gasteiger partial charge in [0, 0.05) is 51.0 Å². The lowest BCUT2D eigenvalue weighted by molar-refractivity contribution is -0.138. The van der Waals surface area contributed by atoms with Gasteiger partial charge in [0.1, 0.15) is 0 Å². The second-order valence-electron chi connectivity index (χ2n) is 6.79. The summed E-state index contributed by atoms with van der Waals surface area (Å²) in [5.74, 6) is 4.46. The van der Waals surface area contributed by atoms with Gasteiger partial charge in [0.2, 0.25) is 0 Å².